The molecule has 0 heterocycles. The zero-order chi connectivity index (χ0) is 14.4. The molecule has 0 saturated carbocycles. The highest BCUT2D eigenvalue weighted by atomic mass is 16.5. The van der Waals surface area contributed by atoms with E-state index in [9.17, 15) is 0 Å². The first-order valence-corrected chi connectivity index (χ1v) is 7.17. The number of benzene rings is 2. The molecule has 2 nitrogen and oxygen atoms in total. The van der Waals surface area contributed by atoms with Crippen molar-refractivity contribution in [1.29, 1.82) is 0 Å². The Balaban J connectivity index is 1.91. The molecule has 2 aromatic rings. The first-order chi connectivity index (χ1) is 9.65. The topological polar surface area (TPSA) is 35.2 Å². The highest BCUT2D eigenvalue weighted by Gasteiger charge is 2.08. The van der Waals surface area contributed by atoms with E-state index in [1.54, 1.807) is 0 Å². The van der Waals surface area contributed by atoms with Crippen LogP contribution in [0, 0.1) is 5.92 Å². The average Bonchev–Trinajstić information content (AvgIpc) is 2.46. The van der Waals surface area contributed by atoms with E-state index in [1.807, 2.05) is 30.3 Å². The molecule has 0 fully saturated rings. The maximum absolute atomic E-state index is 6.17. The summed E-state index contributed by atoms with van der Waals surface area (Å²) in [7, 11) is 0. The van der Waals surface area contributed by atoms with Crippen molar-refractivity contribution in [2.75, 3.05) is 0 Å². The first-order valence-electron chi connectivity index (χ1n) is 7.17. The molecule has 2 N–H and O–H groups in total. The van der Waals surface area contributed by atoms with E-state index in [2.05, 4.69) is 38.1 Å². The molecular weight excluding hydrogens is 246 g/mol. The molecule has 0 aliphatic heterocycles. The van der Waals surface area contributed by atoms with Gasteiger partial charge in [-0.1, -0.05) is 56.3 Å². The third-order valence-corrected chi connectivity index (χ3v) is 3.28. The van der Waals surface area contributed by atoms with Crippen LogP contribution in [0.3, 0.4) is 0 Å². The maximum atomic E-state index is 6.17. The monoisotopic (exact) mass is 269 g/mol. The van der Waals surface area contributed by atoms with Crippen LogP contribution in [0.2, 0.25) is 0 Å². The van der Waals surface area contributed by atoms with Crippen LogP contribution < -0.4 is 10.5 Å². The molecule has 1 atom stereocenters. The molecular formula is C18H23NO. The second kappa shape index (κ2) is 7.11. The lowest BCUT2D eigenvalue weighted by atomic mass is 9.98. The Morgan fingerprint density at radius 1 is 0.950 bits per heavy atom. The third-order valence-electron chi connectivity index (χ3n) is 3.28. The summed E-state index contributed by atoms with van der Waals surface area (Å²) in [6.45, 7) is 4.98. The van der Waals surface area contributed by atoms with Crippen molar-refractivity contribution in [3.63, 3.8) is 0 Å². The van der Waals surface area contributed by atoms with Gasteiger partial charge in [0.2, 0.25) is 0 Å². The fourth-order valence-electron chi connectivity index (χ4n) is 2.20. The summed E-state index contributed by atoms with van der Waals surface area (Å²) < 4.78 is 5.77. The van der Waals surface area contributed by atoms with Gasteiger partial charge in [-0.05, 0) is 35.6 Å². The average molecular weight is 269 g/mol. The zero-order valence-electron chi connectivity index (χ0n) is 12.3. The summed E-state index contributed by atoms with van der Waals surface area (Å²) in [5.41, 5.74) is 8.52. The Labute approximate surface area is 121 Å². The van der Waals surface area contributed by atoms with Gasteiger partial charge in [0, 0.05) is 6.04 Å². The minimum absolute atomic E-state index is 0.109. The van der Waals surface area contributed by atoms with Gasteiger partial charge in [0.25, 0.3) is 0 Å². The molecule has 2 rings (SSSR count). The predicted octanol–water partition coefficient (Wildman–Crippen LogP) is 4.31. The van der Waals surface area contributed by atoms with E-state index < -0.39 is 0 Å². The van der Waals surface area contributed by atoms with Gasteiger partial charge >= 0.3 is 0 Å². The molecule has 0 amide bonds. The second-order valence-electron chi connectivity index (χ2n) is 5.58. The van der Waals surface area contributed by atoms with Crippen LogP contribution >= 0.6 is 0 Å². The number of hydrogen-bond donors (Lipinski definition) is 1. The van der Waals surface area contributed by atoms with Gasteiger partial charge in [-0.25, -0.2) is 0 Å². The third kappa shape index (κ3) is 4.39. The van der Waals surface area contributed by atoms with Crippen LogP contribution in [-0.2, 0) is 6.61 Å². The Morgan fingerprint density at radius 3 is 2.20 bits per heavy atom. The fourth-order valence-corrected chi connectivity index (χ4v) is 2.20. The molecule has 0 spiro atoms. The van der Waals surface area contributed by atoms with Crippen molar-refractivity contribution >= 4 is 0 Å². The lowest BCUT2D eigenvalue weighted by molar-refractivity contribution is 0.306. The second-order valence-corrected chi connectivity index (χ2v) is 5.58. The van der Waals surface area contributed by atoms with Crippen molar-refractivity contribution in [3.05, 3.63) is 65.7 Å². The smallest absolute Gasteiger partial charge is 0.119 e. The molecule has 2 heteroatoms. The van der Waals surface area contributed by atoms with E-state index in [-0.39, 0.29) is 6.04 Å². The molecule has 0 aliphatic rings. The molecule has 0 unspecified atom stereocenters. The Morgan fingerprint density at radius 2 is 1.60 bits per heavy atom. The Kier molecular flexibility index (Phi) is 5.19. The van der Waals surface area contributed by atoms with Crippen LogP contribution in [0.4, 0.5) is 0 Å². The predicted molar refractivity (Wildman–Crippen MR) is 83.6 cm³/mol. The van der Waals surface area contributed by atoms with E-state index in [0.717, 1.165) is 12.2 Å². The van der Waals surface area contributed by atoms with Gasteiger partial charge in [-0.3, -0.25) is 0 Å². The van der Waals surface area contributed by atoms with Crippen LogP contribution in [-0.4, -0.2) is 0 Å². The standard InChI is InChI=1S/C18H23NO/c1-14(2)12-18(19)16-8-10-17(11-9-16)20-13-15-6-4-3-5-7-15/h3-11,14,18H,12-13,19H2,1-2H3/t18-/m1/s1. The maximum Gasteiger partial charge on any atom is 0.119 e. The molecule has 0 aliphatic carbocycles. The summed E-state index contributed by atoms with van der Waals surface area (Å²) in [6.07, 6.45) is 1.00. The molecule has 0 aromatic heterocycles. The normalized spacial score (nSPS) is 12.4. The minimum Gasteiger partial charge on any atom is -0.489 e. The van der Waals surface area contributed by atoms with Gasteiger partial charge in [-0.15, -0.1) is 0 Å². The number of hydrogen-bond acceptors (Lipinski definition) is 2. The van der Waals surface area contributed by atoms with Crippen LogP contribution in [0.5, 0.6) is 5.75 Å². The number of nitrogens with two attached hydrogens (primary N) is 1. The number of ether oxygens (including phenoxy) is 1. The van der Waals surface area contributed by atoms with E-state index >= 15 is 0 Å². The van der Waals surface area contributed by atoms with Gasteiger partial charge in [0.05, 0.1) is 0 Å². The minimum atomic E-state index is 0.109. The Bertz CT molecular complexity index is 505. The molecule has 2 aromatic carbocycles. The van der Waals surface area contributed by atoms with Crippen molar-refractivity contribution in [2.24, 2.45) is 11.7 Å². The SMILES string of the molecule is CC(C)C[C@@H](N)c1ccc(OCc2ccccc2)cc1. The Hall–Kier alpha value is -1.80. The van der Waals surface area contributed by atoms with Gasteiger partial charge in [0.15, 0.2) is 0 Å². The first kappa shape index (κ1) is 14.6. The summed E-state index contributed by atoms with van der Waals surface area (Å²) in [5.74, 6) is 1.49. The highest BCUT2D eigenvalue weighted by molar-refractivity contribution is 5.29. The molecule has 20 heavy (non-hydrogen) atoms. The molecule has 0 saturated heterocycles. The lowest BCUT2D eigenvalue weighted by Crippen LogP contribution is -2.12. The van der Waals surface area contributed by atoms with Crippen molar-refractivity contribution in [3.8, 4) is 5.75 Å². The van der Waals surface area contributed by atoms with E-state index in [4.69, 9.17) is 10.5 Å². The van der Waals surface area contributed by atoms with Crippen molar-refractivity contribution in [2.45, 2.75) is 32.9 Å². The zero-order valence-corrected chi connectivity index (χ0v) is 12.3. The van der Waals surface area contributed by atoms with Crippen LogP contribution in [0.15, 0.2) is 54.6 Å². The van der Waals surface area contributed by atoms with Gasteiger partial charge in [0.1, 0.15) is 12.4 Å². The quantitative estimate of drug-likeness (QED) is 0.848. The summed E-state index contributed by atoms with van der Waals surface area (Å²) >= 11 is 0. The van der Waals surface area contributed by atoms with Crippen molar-refractivity contribution in [1.82, 2.24) is 0 Å². The summed E-state index contributed by atoms with van der Waals surface area (Å²) in [6, 6.07) is 18.4. The fraction of sp³-hybridized carbons (Fsp3) is 0.333. The number of rotatable bonds is 6. The van der Waals surface area contributed by atoms with Gasteiger partial charge in [-0.2, -0.15) is 0 Å². The largest absolute Gasteiger partial charge is 0.489 e. The molecule has 0 radical (unpaired) electrons. The molecule has 0 bridgehead atoms. The molecule has 106 valence electrons. The summed E-state index contributed by atoms with van der Waals surface area (Å²) in [5, 5.41) is 0. The lowest BCUT2D eigenvalue weighted by Gasteiger charge is -2.15. The van der Waals surface area contributed by atoms with Crippen molar-refractivity contribution < 1.29 is 4.74 Å². The highest BCUT2D eigenvalue weighted by Crippen LogP contribution is 2.21. The van der Waals surface area contributed by atoms with E-state index in [1.165, 1.54) is 11.1 Å². The van der Waals surface area contributed by atoms with E-state index in [0.29, 0.717) is 12.5 Å². The van der Waals surface area contributed by atoms with Gasteiger partial charge < -0.3 is 10.5 Å². The van der Waals surface area contributed by atoms with Crippen LogP contribution in [0.1, 0.15) is 37.4 Å². The summed E-state index contributed by atoms with van der Waals surface area (Å²) in [4.78, 5) is 0. The van der Waals surface area contributed by atoms with Crippen LogP contribution in [0.25, 0.3) is 0 Å².